The van der Waals surface area contributed by atoms with Crippen LogP contribution in [-0.2, 0) is 4.79 Å². The fraction of sp³-hybridized carbons (Fsp3) is 0.391. The number of para-hydroxylation sites is 1. The Kier molecular flexibility index (Phi) is 9.90. The number of ether oxygens (including phenoxy) is 2. The standard InChI is InChI=1S/C23H30N4O3.HI/c1-4-24-23(25-14-16(2)30-19-11-9-18(29-3)10-12-19)26-15-17-13-22(28)27-21-8-6-5-7-20(17)21;/h5-12,16-17H,4,13-15H2,1-3H3,(H,27,28)(H2,24,25,26);1H. The summed E-state index contributed by atoms with van der Waals surface area (Å²) in [4.78, 5) is 16.7. The van der Waals surface area contributed by atoms with Crippen molar-refractivity contribution >= 4 is 41.5 Å². The van der Waals surface area contributed by atoms with Crippen molar-refractivity contribution in [3.63, 3.8) is 0 Å². The fourth-order valence-electron chi connectivity index (χ4n) is 3.39. The molecule has 0 saturated heterocycles. The van der Waals surface area contributed by atoms with E-state index in [-0.39, 0.29) is 41.9 Å². The molecule has 0 aliphatic carbocycles. The van der Waals surface area contributed by atoms with Crippen LogP contribution in [-0.4, -0.2) is 44.7 Å². The number of rotatable bonds is 8. The van der Waals surface area contributed by atoms with E-state index in [0.29, 0.717) is 25.5 Å². The first-order valence-electron chi connectivity index (χ1n) is 10.3. The second-order valence-corrected chi connectivity index (χ2v) is 7.24. The summed E-state index contributed by atoms with van der Waals surface area (Å²) in [6.45, 7) is 5.89. The largest absolute Gasteiger partial charge is 0.497 e. The van der Waals surface area contributed by atoms with E-state index >= 15 is 0 Å². The van der Waals surface area contributed by atoms with E-state index in [1.807, 2.05) is 56.3 Å². The number of fused-ring (bicyclic) bond motifs is 1. The average Bonchev–Trinajstić information content (AvgIpc) is 2.76. The van der Waals surface area contributed by atoms with Gasteiger partial charge in [-0.1, -0.05) is 18.2 Å². The molecule has 2 aromatic rings. The van der Waals surface area contributed by atoms with Crippen molar-refractivity contribution in [2.45, 2.75) is 32.3 Å². The summed E-state index contributed by atoms with van der Waals surface area (Å²) in [6.07, 6.45) is 0.371. The normalized spacial score (nSPS) is 16.3. The van der Waals surface area contributed by atoms with Crippen molar-refractivity contribution in [2.24, 2.45) is 4.99 Å². The Morgan fingerprint density at radius 1 is 1.16 bits per heavy atom. The molecule has 1 heterocycles. The molecule has 0 bridgehead atoms. The Labute approximate surface area is 201 Å². The predicted octanol–water partition coefficient (Wildman–Crippen LogP) is 3.76. The number of benzene rings is 2. The van der Waals surface area contributed by atoms with Gasteiger partial charge in [-0.05, 0) is 49.7 Å². The third-order valence-electron chi connectivity index (χ3n) is 4.87. The maximum atomic E-state index is 12.0. The number of hydrogen-bond acceptors (Lipinski definition) is 4. The summed E-state index contributed by atoms with van der Waals surface area (Å²) in [5.41, 5.74) is 2.04. The van der Waals surface area contributed by atoms with E-state index in [1.165, 1.54) is 0 Å². The van der Waals surface area contributed by atoms with Crippen LogP contribution >= 0.6 is 24.0 Å². The summed E-state index contributed by atoms with van der Waals surface area (Å²) < 4.78 is 11.1. The first kappa shape index (κ1) is 24.8. The molecule has 3 N–H and O–H groups in total. The van der Waals surface area contributed by atoms with Gasteiger partial charge in [0.15, 0.2) is 5.96 Å². The molecular formula is C23H31IN4O3. The SMILES string of the molecule is CCNC(=NCC(C)Oc1ccc(OC)cc1)NCC1CC(=O)Nc2ccccc21.I. The van der Waals surface area contributed by atoms with Gasteiger partial charge in [0.05, 0.1) is 13.7 Å². The first-order chi connectivity index (χ1) is 14.6. The summed E-state index contributed by atoms with van der Waals surface area (Å²) >= 11 is 0. The molecule has 0 saturated carbocycles. The Hall–Kier alpha value is -2.49. The highest BCUT2D eigenvalue weighted by atomic mass is 127. The molecule has 3 rings (SSSR count). The van der Waals surface area contributed by atoms with Gasteiger partial charge >= 0.3 is 0 Å². The molecule has 0 spiro atoms. The minimum Gasteiger partial charge on any atom is -0.497 e. The molecule has 168 valence electrons. The Morgan fingerprint density at radius 3 is 2.58 bits per heavy atom. The van der Waals surface area contributed by atoms with Crippen LogP contribution in [0.2, 0.25) is 0 Å². The second kappa shape index (κ2) is 12.4. The van der Waals surface area contributed by atoms with Gasteiger partial charge in [0, 0.05) is 31.1 Å². The molecule has 2 aromatic carbocycles. The van der Waals surface area contributed by atoms with E-state index in [2.05, 4.69) is 27.0 Å². The molecular weight excluding hydrogens is 507 g/mol. The van der Waals surface area contributed by atoms with Crippen LogP contribution in [0.5, 0.6) is 11.5 Å². The number of methoxy groups -OCH3 is 1. The van der Waals surface area contributed by atoms with Crippen LogP contribution in [0.25, 0.3) is 0 Å². The third kappa shape index (κ3) is 7.30. The van der Waals surface area contributed by atoms with Gasteiger partial charge < -0.3 is 25.4 Å². The highest BCUT2D eigenvalue weighted by molar-refractivity contribution is 14.0. The summed E-state index contributed by atoms with van der Waals surface area (Å²) in [7, 11) is 1.64. The van der Waals surface area contributed by atoms with Crippen molar-refractivity contribution in [1.29, 1.82) is 0 Å². The zero-order chi connectivity index (χ0) is 21.3. The van der Waals surface area contributed by atoms with Crippen LogP contribution in [0.4, 0.5) is 5.69 Å². The lowest BCUT2D eigenvalue weighted by atomic mass is 9.90. The summed E-state index contributed by atoms with van der Waals surface area (Å²) in [6, 6.07) is 15.4. The van der Waals surface area contributed by atoms with Crippen LogP contribution in [0, 0.1) is 0 Å². The van der Waals surface area contributed by atoms with Crippen molar-refractivity contribution in [3.05, 3.63) is 54.1 Å². The van der Waals surface area contributed by atoms with Gasteiger partial charge in [-0.25, -0.2) is 4.99 Å². The number of hydrogen-bond donors (Lipinski definition) is 3. The molecule has 31 heavy (non-hydrogen) atoms. The Balaban J connectivity index is 0.00000341. The quantitative estimate of drug-likeness (QED) is 0.271. The topological polar surface area (TPSA) is 84.0 Å². The second-order valence-electron chi connectivity index (χ2n) is 7.24. The van der Waals surface area contributed by atoms with E-state index < -0.39 is 0 Å². The number of anilines is 1. The predicted molar refractivity (Wildman–Crippen MR) is 135 cm³/mol. The molecule has 1 aliphatic rings. The zero-order valence-corrected chi connectivity index (χ0v) is 20.5. The van der Waals surface area contributed by atoms with Gasteiger partial charge in [-0.15, -0.1) is 24.0 Å². The number of aliphatic imine (C=N–C) groups is 1. The molecule has 2 unspecified atom stereocenters. The van der Waals surface area contributed by atoms with Gasteiger partial charge in [0.1, 0.15) is 17.6 Å². The number of guanidine groups is 1. The minimum atomic E-state index is -0.0879. The number of halogens is 1. The molecule has 0 radical (unpaired) electrons. The lowest BCUT2D eigenvalue weighted by molar-refractivity contribution is -0.116. The first-order valence-corrected chi connectivity index (χ1v) is 10.3. The number of carbonyl (C=O) groups is 1. The highest BCUT2D eigenvalue weighted by Crippen LogP contribution is 2.31. The summed E-state index contributed by atoms with van der Waals surface area (Å²) in [5, 5.41) is 9.57. The lowest BCUT2D eigenvalue weighted by Gasteiger charge is -2.26. The molecule has 7 nitrogen and oxygen atoms in total. The van der Waals surface area contributed by atoms with Crippen molar-refractivity contribution in [1.82, 2.24) is 10.6 Å². The molecule has 0 fully saturated rings. The average molecular weight is 538 g/mol. The Morgan fingerprint density at radius 2 is 1.87 bits per heavy atom. The van der Waals surface area contributed by atoms with E-state index in [0.717, 1.165) is 29.3 Å². The summed E-state index contributed by atoms with van der Waals surface area (Å²) in [5.74, 6) is 2.44. The van der Waals surface area contributed by atoms with Gasteiger partial charge in [0.2, 0.25) is 5.91 Å². The number of carbonyl (C=O) groups excluding carboxylic acids is 1. The van der Waals surface area contributed by atoms with Crippen molar-refractivity contribution < 1.29 is 14.3 Å². The smallest absolute Gasteiger partial charge is 0.225 e. The fourth-order valence-corrected chi connectivity index (χ4v) is 3.39. The Bertz CT molecular complexity index is 873. The molecule has 2 atom stereocenters. The van der Waals surface area contributed by atoms with Gasteiger partial charge in [0.25, 0.3) is 0 Å². The van der Waals surface area contributed by atoms with Crippen molar-refractivity contribution in [3.8, 4) is 11.5 Å². The molecule has 0 aromatic heterocycles. The van der Waals surface area contributed by atoms with Gasteiger partial charge in [-0.2, -0.15) is 0 Å². The van der Waals surface area contributed by atoms with E-state index in [4.69, 9.17) is 9.47 Å². The van der Waals surface area contributed by atoms with E-state index in [1.54, 1.807) is 7.11 Å². The van der Waals surface area contributed by atoms with Crippen LogP contribution in [0.15, 0.2) is 53.5 Å². The maximum absolute atomic E-state index is 12.0. The number of amides is 1. The maximum Gasteiger partial charge on any atom is 0.225 e. The minimum absolute atomic E-state index is 0. The van der Waals surface area contributed by atoms with Crippen LogP contribution in [0.1, 0.15) is 31.7 Å². The molecule has 8 heteroatoms. The number of nitrogens with one attached hydrogen (secondary N) is 3. The molecule has 1 amide bonds. The van der Waals surface area contributed by atoms with Crippen LogP contribution < -0.4 is 25.4 Å². The monoisotopic (exact) mass is 538 g/mol. The van der Waals surface area contributed by atoms with Crippen LogP contribution in [0.3, 0.4) is 0 Å². The van der Waals surface area contributed by atoms with Crippen molar-refractivity contribution in [2.75, 3.05) is 32.1 Å². The number of nitrogens with zero attached hydrogens (tertiary/aromatic N) is 1. The third-order valence-corrected chi connectivity index (χ3v) is 4.87. The lowest BCUT2D eigenvalue weighted by Crippen LogP contribution is -2.41. The van der Waals surface area contributed by atoms with E-state index in [9.17, 15) is 4.79 Å². The zero-order valence-electron chi connectivity index (χ0n) is 18.2. The highest BCUT2D eigenvalue weighted by Gasteiger charge is 2.24. The molecule has 1 aliphatic heterocycles. The van der Waals surface area contributed by atoms with Gasteiger partial charge in [-0.3, -0.25) is 4.79 Å².